The van der Waals surface area contributed by atoms with E-state index in [-0.39, 0.29) is 5.41 Å². The largest absolute Gasteiger partial charge is 0.208 e. The van der Waals surface area contributed by atoms with E-state index in [1.165, 1.54) is 37.7 Å². The van der Waals surface area contributed by atoms with Crippen molar-refractivity contribution in [1.82, 2.24) is 15.0 Å². The zero-order valence-electron chi connectivity index (χ0n) is 28.2. The van der Waals surface area contributed by atoms with E-state index < -0.39 is 0 Å². The third-order valence-corrected chi connectivity index (χ3v) is 10.7. The van der Waals surface area contributed by atoms with Crippen molar-refractivity contribution in [3.63, 3.8) is 0 Å². The molecule has 0 radical (unpaired) electrons. The van der Waals surface area contributed by atoms with E-state index in [1.807, 2.05) is 48.5 Å². The van der Waals surface area contributed by atoms with Gasteiger partial charge in [0.25, 0.3) is 0 Å². The average molecular weight is 637 g/mol. The second-order valence-corrected chi connectivity index (χ2v) is 14.5. The Morgan fingerprint density at radius 1 is 0.510 bits per heavy atom. The predicted molar refractivity (Wildman–Crippen MR) is 198 cm³/mol. The molecule has 2 saturated carbocycles. The van der Waals surface area contributed by atoms with Crippen LogP contribution in [0.2, 0.25) is 0 Å². The van der Waals surface area contributed by atoms with Crippen molar-refractivity contribution >= 4 is 0 Å². The molecule has 240 valence electrons. The van der Waals surface area contributed by atoms with Gasteiger partial charge in [-0.1, -0.05) is 111 Å². The normalized spacial score (nSPS) is 21.5. The first-order valence-electron chi connectivity index (χ1n) is 17.6. The summed E-state index contributed by atoms with van der Waals surface area (Å²) in [7, 11) is 0. The van der Waals surface area contributed by atoms with Crippen LogP contribution in [0.1, 0.15) is 57.1 Å². The molecule has 0 N–H and O–H groups in total. The van der Waals surface area contributed by atoms with Gasteiger partial charge in [0.05, 0.1) is 11.6 Å². The van der Waals surface area contributed by atoms with Crippen LogP contribution in [-0.4, -0.2) is 15.0 Å². The summed E-state index contributed by atoms with van der Waals surface area (Å²) in [4.78, 5) is 15.3. The smallest absolute Gasteiger partial charge is 0.164 e. The molecular weight excluding hydrogens is 597 g/mol. The van der Waals surface area contributed by atoms with Crippen molar-refractivity contribution in [2.75, 3.05) is 0 Å². The molecular formula is C45H40N4. The van der Waals surface area contributed by atoms with Crippen LogP contribution < -0.4 is 0 Å². The van der Waals surface area contributed by atoms with Crippen molar-refractivity contribution in [3.05, 3.63) is 139 Å². The fourth-order valence-corrected chi connectivity index (χ4v) is 8.87. The zero-order chi connectivity index (χ0) is 33.4. The fourth-order valence-electron chi connectivity index (χ4n) is 8.87. The number of hydrogen-bond donors (Lipinski definition) is 0. The lowest BCUT2D eigenvalue weighted by molar-refractivity contribution is 0.0780. The molecule has 2 unspecified atom stereocenters. The van der Waals surface area contributed by atoms with Gasteiger partial charge in [-0.05, 0) is 113 Å². The number of rotatable bonds is 6. The molecule has 5 aromatic carbocycles. The molecule has 4 heteroatoms. The number of nitrogens with zero attached hydrogens (tertiary/aromatic N) is 4. The monoisotopic (exact) mass is 636 g/mol. The van der Waals surface area contributed by atoms with Crippen molar-refractivity contribution < 1.29 is 0 Å². The predicted octanol–water partition coefficient (Wildman–Crippen LogP) is 11.2. The first kappa shape index (κ1) is 30.9. The zero-order valence-corrected chi connectivity index (χ0v) is 28.2. The van der Waals surface area contributed by atoms with Crippen molar-refractivity contribution in [2.45, 2.75) is 51.4 Å². The number of aromatic nitrogens is 3. The molecule has 0 aliphatic heterocycles. The molecule has 2 bridgehead atoms. The van der Waals surface area contributed by atoms with E-state index in [0.717, 1.165) is 56.7 Å². The highest BCUT2D eigenvalue weighted by Crippen LogP contribution is 2.54. The molecule has 0 spiro atoms. The number of benzene rings is 5. The van der Waals surface area contributed by atoms with E-state index in [9.17, 15) is 5.26 Å². The third-order valence-electron chi connectivity index (χ3n) is 10.7. The van der Waals surface area contributed by atoms with E-state index >= 15 is 0 Å². The minimum absolute atomic E-state index is 0.273. The standard InChI is InChI=1S/C45H40N4/c1-30-20-33-21-31(2)27-45(26-30,28-33)41-18-16-36(17-19-41)43-47-42(35-13-7-4-8-14-35)48-44(49-43)40-24-38(34-11-5-3-6-12-34)23-39(25-40)37-15-9-10-32(22-37)29-46/h3-19,22-25,30-31,33H,20-21,26-28H2,1-2H3/t30-,31+,33?,45?. The summed E-state index contributed by atoms with van der Waals surface area (Å²) in [5.74, 6) is 4.30. The Morgan fingerprint density at radius 2 is 1.02 bits per heavy atom. The van der Waals surface area contributed by atoms with Gasteiger partial charge in [0.2, 0.25) is 0 Å². The summed E-state index contributed by atoms with van der Waals surface area (Å²) in [6.07, 6.45) is 6.61. The lowest BCUT2D eigenvalue weighted by atomic mass is 9.54. The van der Waals surface area contributed by atoms with Crippen LogP contribution in [0.15, 0.2) is 127 Å². The van der Waals surface area contributed by atoms with Crippen LogP contribution in [-0.2, 0) is 5.41 Å². The average Bonchev–Trinajstić information content (AvgIpc) is 3.14. The van der Waals surface area contributed by atoms with Crippen LogP contribution >= 0.6 is 0 Å². The molecule has 2 fully saturated rings. The fraction of sp³-hybridized carbons (Fsp3) is 0.244. The number of nitriles is 1. The lowest BCUT2D eigenvalue weighted by Crippen LogP contribution is -2.42. The summed E-state index contributed by atoms with van der Waals surface area (Å²) < 4.78 is 0. The SMILES string of the molecule is C[C@@H]1CC2C[C@H](C)CC(c3ccc(-c4nc(-c5ccccc5)nc(-c5cc(-c6ccccc6)cc(-c6cccc(C#N)c6)c5)n4)cc3)(C2)C1. The molecule has 49 heavy (non-hydrogen) atoms. The first-order valence-corrected chi connectivity index (χ1v) is 17.6. The van der Waals surface area contributed by atoms with Gasteiger partial charge in [-0.15, -0.1) is 0 Å². The van der Waals surface area contributed by atoms with Crippen molar-refractivity contribution in [3.8, 4) is 62.5 Å². The van der Waals surface area contributed by atoms with Gasteiger partial charge in [-0.3, -0.25) is 0 Å². The van der Waals surface area contributed by atoms with Crippen LogP contribution in [0.3, 0.4) is 0 Å². The van der Waals surface area contributed by atoms with Crippen LogP contribution in [0.5, 0.6) is 0 Å². The molecule has 2 aliphatic carbocycles. The van der Waals surface area contributed by atoms with Gasteiger partial charge in [0.15, 0.2) is 17.5 Å². The first-order chi connectivity index (χ1) is 23.9. The van der Waals surface area contributed by atoms with E-state index in [1.54, 1.807) is 0 Å². The molecule has 6 aromatic rings. The van der Waals surface area contributed by atoms with Gasteiger partial charge in [0.1, 0.15) is 0 Å². The van der Waals surface area contributed by atoms with Gasteiger partial charge >= 0.3 is 0 Å². The van der Waals surface area contributed by atoms with Gasteiger partial charge in [-0.2, -0.15) is 5.26 Å². The van der Waals surface area contributed by atoms with Gasteiger partial charge in [0, 0.05) is 16.7 Å². The summed E-state index contributed by atoms with van der Waals surface area (Å²) in [6, 6.07) is 46.2. The van der Waals surface area contributed by atoms with Crippen LogP contribution in [0, 0.1) is 29.1 Å². The summed E-state index contributed by atoms with van der Waals surface area (Å²) in [5, 5.41) is 9.63. The van der Waals surface area contributed by atoms with E-state index in [0.29, 0.717) is 23.0 Å². The molecule has 0 amide bonds. The van der Waals surface area contributed by atoms with E-state index in [2.05, 4.69) is 98.8 Å². The Bertz CT molecular complexity index is 2130. The highest BCUT2D eigenvalue weighted by atomic mass is 15.0. The maximum absolute atomic E-state index is 9.63. The Morgan fingerprint density at radius 3 is 1.63 bits per heavy atom. The Hall–Kier alpha value is -5.40. The highest BCUT2D eigenvalue weighted by Gasteiger charge is 2.45. The molecule has 0 saturated heterocycles. The summed E-state index contributed by atoms with van der Waals surface area (Å²) >= 11 is 0. The summed E-state index contributed by atoms with van der Waals surface area (Å²) in [6.45, 7) is 4.89. The van der Waals surface area contributed by atoms with Gasteiger partial charge < -0.3 is 0 Å². The molecule has 1 aromatic heterocycles. The van der Waals surface area contributed by atoms with Crippen molar-refractivity contribution in [1.29, 1.82) is 5.26 Å². The second-order valence-electron chi connectivity index (χ2n) is 14.5. The summed E-state index contributed by atoms with van der Waals surface area (Å²) in [5.41, 5.74) is 9.34. The molecule has 4 nitrogen and oxygen atoms in total. The number of hydrogen-bond acceptors (Lipinski definition) is 4. The Kier molecular flexibility index (Phi) is 8.14. The van der Waals surface area contributed by atoms with Crippen LogP contribution in [0.4, 0.5) is 0 Å². The van der Waals surface area contributed by atoms with E-state index in [4.69, 9.17) is 15.0 Å². The maximum atomic E-state index is 9.63. The molecule has 1 heterocycles. The Labute approximate surface area is 289 Å². The topological polar surface area (TPSA) is 62.5 Å². The van der Waals surface area contributed by atoms with Gasteiger partial charge in [-0.25, -0.2) is 15.0 Å². The minimum atomic E-state index is 0.273. The highest BCUT2D eigenvalue weighted by molar-refractivity contribution is 5.80. The molecule has 4 atom stereocenters. The van der Waals surface area contributed by atoms with Crippen LogP contribution in [0.25, 0.3) is 56.4 Å². The third kappa shape index (κ3) is 6.30. The number of fused-ring (bicyclic) bond motifs is 2. The molecule has 2 aliphatic rings. The maximum Gasteiger partial charge on any atom is 0.164 e. The van der Waals surface area contributed by atoms with Crippen molar-refractivity contribution in [2.24, 2.45) is 17.8 Å². The minimum Gasteiger partial charge on any atom is -0.208 e. The quantitative estimate of drug-likeness (QED) is 0.182. The second kappa shape index (κ2) is 12.9. The lowest BCUT2D eigenvalue weighted by Gasteiger charge is -2.50. The molecule has 8 rings (SSSR count). The Balaban J connectivity index is 1.25.